The first-order valence-electron chi connectivity index (χ1n) is 22.7. The van der Waals surface area contributed by atoms with Gasteiger partial charge in [-0.05, 0) is 6.07 Å². The molecule has 0 N–H and O–H groups in total. The van der Waals surface area contributed by atoms with E-state index in [9.17, 15) is 0 Å². The summed E-state index contributed by atoms with van der Waals surface area (Å²) >= 11 is 0. The van der Waals surface area contributed by atoms with Gasteiger partial charge in [0, 0.05) is 5.39 Å². The molecule has 0 aliphatic carbocycles. The van der Waals surface area contributed by atoms with Crippen LogP contribution in [0.15, 0.2) is 229 Å². The Labute approximate surface area is 379 Å². The van der Waals surface area contributed by atoms with Gasteiger partial charge in [-0.2, -0.15) is 0 Å². The van der Waals surface area contributed by atoms with Crippen molar-refractivity contribution in [3.63, 3.8) is 0 Å². The number of fused-ring (bicyclic) bond motifs is 7. The van der Waals surface area contributed by atoms with Crippen molar-refractivity contribution in [2.75, 3.05) is 14.7 Å². The van der Waals surface area contributed by atoms with Crippen LogP contribution in [0.1, 0.15) is 0 Å². The number of anilines is 9. The molecule has 2 aliphatic rings. The first kappa shape index (κ1) is 37.4. The van der Waals surface area contributed by atoms with Crippen LogP contribution >= 0.6 is 0 Å². The molecule has 0 saturated heterocycles. The molecule has 0 unspecified atom stereocenters. The summed E-state index contributed by atoms with van der Waals surface area (Å²) in [5.41, 5.74) is 16.4. The number of benzene rings is 10. The summed E-state index contributed by atoms with van der Waals surface area (Å²) in [7, 11) is -2.25. The van der Waals surface area contributed by atoms with Crippen LogP contribution < -0.4 is 25.1 Å². The number of hydrogen-bond donors (Lipinski definition) is 0. The van der Waals surface area contributed by atoms with Gasteiger partial charge in [-0.15, -0.1) is 0 Å². The van der Waals surface area contributed by atoms with Gasteiger partial charge in [-0.3, -0.25) is 0 Å². The molecule has 5 heteroatoms. The van der Waals surface area contributed by atoms with E-state index in [0.717, 1.165) is 83.9 Å². The molecule has 1 aromatic heterocycles. The summed E-state index contributed by atoms with van der Waals surface area (Å²) < 4.78 is 6.99. The minimum atomic E-state index is -2.25. The number of nitrogens with zero attached hydrogens (tertiary/aromatic N) is 3. The zero-order valence-electron chi connectivity index (χ0n) is 36.2. The molecular weight excluding hydrogens is 807 g/mol. The molecule has 65 heavy (non-hydrogen) atoms. The first-order chi connectivity index (χ1) is 32.0. The van der Waals surface area contributed by atoms with E-state index >= 15 is 0 Å². The normalized spacial score (nSPS) is 13.9. The van der Waals surface area contributed by atoms with Crippen LogP contribution in [0.2, 0.25) is 13.1 Å². The molecule has 2 bridgehead atoms. The van der Waals surface area contributed by atoms with Crippen molar-refractivity contribution in [2.45, 2.75) is 13.1 Å². The molecule has 0 fully saturated rings. The first-order valence-corrected chi connectivity index (χ1v) is 26.1. The average molecular weight is 851 g/mol. The van der Waals surface area contributed by atoms with Crippen molar-refractivity contribution in [1.82, 2.24) is 0 Å². The van der Waals surface area contributed by atoms with Crippen molar-refractivity contribution in [2.24, 2.45) is 0 Å². The third-order valence-corrected chi connectivity index (χ3v) is 18.1. The van der Waals surface area contributed by atoms with Crippen molar-refractivity contribution in [1.29, 1.82) is 0 Å². The van der Waals surface area contributed by atoms with Gasteiger partial charge in [0.25, 0.3) is 0 Å². The van der Waals surface area contributed by atoms with Crippen LogP contribution in [0.4, 0.5) is 51.2 Å². The van der Waals surface area contributed by atoms with Crippen LogP contribution in [0, 0.1) is 0 Å². The van der Waals surface area contributed by atoms with Crippen LogP contribution in [-0.2, 0) is 0 Å². The van der Waals surface area contributed by atoms with E-state index in [4.69, 9.17) is 4.42 Å². The SMILES string of the molecule is C[SiH-]1(C)c2ccccc2-c2cc(N(c3ccc(-c4ccccc4)cc3)c3cc4cc(c3)N(c3ccccc3)c3cc5ccccc5c5oc6cccc(c6c35)N4c3ccccc3)ccc21. The Bertz CT molecular complexity index is 3640. The van der Waals surface area contributed by atoms with Gasteiger partial charge in [0.1, 0.15) is 0 Å². The summed E-state index contributed by atoms with van der Waals surface area (Å²) in [6.45, 7) is 5.03. The van der Waals surface area contributed by atoms with Crippen molar-refractivity contribution >= 4 is 102 Å². The Morgan fingerprint density at radius 2 is 1.00 bits per heavy atom. The maximum absolute atomic E-state index is 6.99. The van der Waals surface area contributed by atoms with Gasteiger partial charge in [-0.1, -0.05) is 42.5 Å². The predicted octanol–water partition coefficient (Wildman–Crippen LogP) is 15.7. The van der Waals surface area contributed by atoms with E-state index in [2.05, 4.69) is 252 Å². The molecule has 2 aliphatic heterocycles. The Morgan fingerprint density at radius 3 is 1.74 bits per heavy atom. The Balaban J connectivity index is 1.13. The zero-order chi connectivity index (χ0) is 43.2. The van der Waals surface area contributed by atoms with Gasteiger partial charge >= 0.3 is 323 Å². The van der Waals surface area contributed by atoms with Gasteiger partial charge in [-0.25, -0.2) is 0 Å². The standard InChI is InChI=1S/C60H44N3OSi/c1-65(2)56-28-15-14-25-51(56)52-39-46(33-34-57(52)65)61(45-31-29-41(30-32-45)40-17-6-3-7-18-40)47-36-48-38-49(37-47)63(44-22-10-5-11-23-44)54-35-42-19-12-13-24-50(42)60-59(54)58-53(26-16-27-55(58)64-60)62(48)43-20-8-4-9-21-43/h3-39,65H,1-2H3/q-1. The second-order valence-corrected chi connectivity index (χ2v) is 23.1. The Morgan fingerprint density at radius 1 is 0.400 bits per heavy atom. The fraction of sp³-hybridized carbons (Fsp3) is 0.0333. The van der Waals surface area contributed by atoms with Gasteiger partial charge in [0.2, 0.25) is 0 Å². The summed E-state index contributed by atoms with van der Waals surface area (Å²) in [5, 5.41) is 7.42. The van der Waals surface area contributed by atoms with Crippen LogP contribution in [-0.4, -0.2) is 8.07 Å². The molecule has 13 rings (SSSR count). The van der Waals surface area contributed by atoms with Crippen molar-refractivity contribution in [3.05, 3.63) is 224 Å². The van der Waals surface area contributed by atoms with E-state index in [1.54, 1.807) is 0 Å². The predicted molar refractivity (Wildman–Crippen MR) is 278 cm³/mol. The van der Waals surface area contributed by atoms with Gasteiger partial charge in [0.15, 0.2) is 0 Å². The fourth-order valence-electron chi connectivity index (χ4n) is 10.9. The molecule has 3 heterocycles. The number of furan rings is 1. The summed E-state index contributed by atoms with van der Waals surface area (Å²) in [6.07, 6.45) is 0. The number of para-hydroxylation sites is 2. The summed E-state index contributed by atoms with van der Waals surface area (Å²) in [6, 6.07) is 82.2. The molecule has 0 radical (unpaired) electrons. The second-order valence-electron chi connectivity index (χ2n) is 18.1. The molecule has 0 spiro atoms. The molecular formula is C60H44N3OSi-. The van der Waals surface area contributed by atoms with E-state index in [1.165, 1.54) is 32.6 Å². The van der Waals surface area contributed by atoms with E-state index < -0.39 is 8.07 Å². The molecule has 10 aromatic carbocycles. The van der Waals surface area contributed by atoms with E-state index in [0.29, 0.717) is 0 Å². The second kappa shape index (κ2) is 14.5. The molecule has 4 nitrogen and oxygen atoms in total. The fourth-order valence-corrected chi connectivity index (χ4v) is 14.5. The summed E-state index contributed by atoms with van der Waals surface area (Å²) in [4.78, 5) is 7.32. The van der Waals surface area contributed by atoms with Crippen LogP contribution in [0.25, 0.3) is 55.0 Å². The minimum absolute atomic E-state index is 0.852. The zero-order valence-corrected chi connectivity index (χ0v) is 37.3. The van der Waals surface area contributed by atoms with Gasteiger partial charge in [0.05, 0.1) is 0 Å². The molecule has 0 atom stereocenters. The number of hydrogen-bond acceptors (Lipinski definition) is 4. The van der Waals surface area contributed by atoms with Crippen molar-refractivity contribution in [3.8, 4) is 22.3 Å². The molecule has 0 saturated carbocycles. The third-order valence-electron chi connectivity index (χ3n) is 14.0. The molecule has 0 amide bonds. The monoisotopic (exact) mass is 850 g/mol. The maximum atomic E-state index is 6.99. The number of rotatable bonds is 6. The van der Waals surface area contributed by atoms with Crippen LogP contribution in [0.5, 0.6) is 0 Å². The molecule has 310 valence electrons. The quantitative estimate of drug-likeness (QED) is 0.155. The van der Waals surface area contributed by atoms with E-state index in [1.807, 2.05) is 0 Å². The van der Waals surface area contributed by atoms with Gasteiger partial charge < -0.3 is 4.42 Å². The third kappa shape index (κ3) is 5.82. The summed E-state index contributed by atoms with van der Waals surface area (Å²) in [5.74, 6) is 0. The Hall–Kier alpha value is -8.12. The molecule has 11 aromatic rings. The average Bonchev–Trinajstić information content (AvgIpc) is 3.87. The topological polar surface area (TPSA) is 22.9 Å². The van der Waals surface area contributed by atoms with Crippen LogP contribution in [0.3, 0.4) is 0 Å². The Kier molecular flexibility index (Phi) is 8.33. The van der Waals surface area contributed by atoms with E-state index in [-0.39, 0.29) is 0 Å². The van der Waals surface area contributed by atoms with Crippen molar-refractivity contribution < 1.29 is 4.42 Å².